The van der Waals surface area contributed by atoms with E-state index >= 15 is 0 Å². The van der Waals surface area contributed by atoms with Crippen molar-refractivity contribution in [1.82, 2.24) is 10.3 Å². The van der Waals surface area contributed by atoms with E-state index in [0.29, 0.717) is 5.56 Å². The Hall–Kier alpha value is -2.21. The normalized spacial score (nSPS) is 12.2. The fourth-order valence-corrected chi connectivity index (χ4v) is 2.65. The van der Waals surface area contributed by atoms with Gasteiger partial charge in [0.2, 0.25) is 0 Å². The Balaban J connectivity index is 2.13. The molecule has 1 heterocycles. The zero-order chi connectivity index (χ0) is 16.3. The van der Waals surface area contributed by atoms with Gasteiger partial charge in [0.25, 0.3) is 5.91 Å². The SMILES string of the molecule is Cc1nc(-c2ccc(C(=O)N[C@H](C(=O)O)C(C)C)cc2)cs1. The van der Waals surface area contributed by atoms with Gasteiger partial charge in [-0.2, -0.15) is 0 Å². The fourth-order valence-electron chi connectivity index (χ4n) is 2.03. The summed E-state index contributed by atoms with van der Waals surface area (Å²) in [6.07, 6.45) is 0. The number of thiazole rings is 1. The number of carbonyl (C=O) groups is 2. The summed E-state index contributed by atoms with van der Waals surface area (Å²) >= 11 is 1.57. The number of carboxylic acid groups (broad SMARTS) is 1. The molecular formula is C16H18N2O3S. The van der Waals surface area contributed by atoms with E-state index in [1.165, 1.54) is 0 Å². The molecule has 2 aromatic rings. The Bertz CT molecular complexity index is 677. The predicted octanol–water partition coefficient (Wildman–Crippen LogP) is 2.96. The summed E-state index contributed by atoms with van der Waals surface area (Å²) in [4.78, 5) is 27.6. The minimum Gasteiger partial charge on any atom is -0.480 e. The van der Waals surface area contributed by atoms with Crippen molar-refractivity contribution in [3.63, 3.8) is 0 Å². The van der Waals surface area contributed by atoms with E-state index in [1.807, 2.05) is 24.4 Å². The molecule has 0 aliphatic rings. The quantitative estimate of drug-likeness (QED) is 0.888. The second kappa shape index (κ2) is 6.70. The van der Waals surface area contributed by atoms with Crippen LogP contribution in [0.2, 0.25) is 0 Å². The van der Waals surface area contributed by atoms with Gasteiger partial charge in [0, 0.05) is 16.5 Å². The number of aryl methyl sites for hydroxylation is 1. The largest absolute Gasteiger partial charge is 0.480 e. The number of aliphatic carboxylic acids is 1. The molecule has 6 heteroatoms. The summed E-state index contributed by atoms with van der Waals surface area (Å²) in [7, 11) is 0. The molecule has 1 aromatic heterocycles. The summed E-state index contributed by atoms with van der Waals surface area (Å²) in [5.41, 5.74) is 2.24. The van der Waals surface area contributed by atoms with Crippen LogP contribution in [0.15, 0.2) is 29.6 Å². The van der Waals surface area contributed by atoms with Crippen molar-refractivity contribution in [3.8, 4) is 11.3 Å². The zero-order valence-electron chi connectivity index (χ0n) is 12.7. The molecule has 2 N–H and O–H groups in total. The molecule has 116 valence electrons. The molecule has 0 radical (unpaired) electrons. The van der Waals surface area contributed by atoms with E-state index in [-0.39, 0.29) is 11.8 Å². The van der Waals surface area contributed by atoms with E-state index in [4.69, 9.17) is 5.11 Å². The zero-order valence-corrected chi connectivity index (χ0v) is 13.5. The number of hydrogen-bond acceptors (Lipinski definition) is 4. The molecule has 1 amide bonds. The maximum atomic E-state index is 12.1. The van der Waals surface area contributed by atoms with Gasteiger partial charge in [-0.15, -0.1) is 11.3 Å². The number of benzene rings is 1. The lowest BCUT2D eigenvalue weighted by atomic mass is 10.0. The van der Waals surface area contributed by atoms with Crippen molar-refractivity contribution in [2.45, 2.75) is 26.8 Å². The Morgan fingerprint density at radius 2 is 1.86 bits per heavy atom. The Morgan fingerprint density at radius 3 is 2.32 bits per heavy atom. The standard InChI is InChI=1S/C16H18N2O3S/c1-9(2)14(16(20)21)18-15(19)12-6-4-11(5-7-12)13-8-22-10(3)17-13/h4-9,14H,1-3H3,(H,18,19)(H,20,21)/t14-/m0/s1. The van der Waals surface area contributed by atoms with Crippen LogP contribution in [0.5, 0.6) is 0 Å². The predicted molar refractivity (Wildman–Crippen MR) is 86.0 cm³/mol. The van der Waals surface area contributed by atoms with Crippen LogP contribution in [-0.4, -0.2) is 28.0 Å². The molecule has 0 fully saturated rings. The van der Waals surface area contributed by atoms with Gasteiger partial charge in [0.1, 0.15) is 6.04 Å². The van der Waals surface area contributed by atoms with Gasteiger partial charge in [-0.05, 0) is 25.0 Å². The molecular weight excluding hydrogens is 300 g/mol. The van der Waals surface area contributed by atoms with E-state index in [0.717, 1.165) is 16.3 Å². The topological polar surface area (TPSA) is 79.3 Å². The third-order valence-electron chi connectivity index (χ3n) is 3.28. The van der Waals surface area contributed by atoms with Crippen LogP contribution < -0.4 is 5.32 Å². The molecule has 1 aromatic carbocycles. The first-order valence-corrected chi connectivity index (χ1v) is 7.82. The summed E-state index contributed by atoms with van der Waals surface area (Å²) in [6.45, 7) is 5.45. The maximum Gasteiger partial charge on any atom is 0.326 e. The third-order valence-corrected chi connectivity index (χ3v) is 4.05. The molecule has 1 atom stereocenters. The molecule has 5 nitrogen and oxygen atoms in total. The lowest BCUT2D eigenvalue weighted by Gasteiger charge is -2.17. The average molecular weight is 318 g/mol. The van der Waals surface area contributed by atoms with Crippen LogP contribution in [0, 0.1) is 12.8 Å². The minimum atomic E-state index is -1.03. The first-order valence-electron chi connectivity index (χ1n) is 6.94. The number of nitrogens with zero attached hydrogens (tertiary/aromatic N) is 1. The van der Waals surface area contributed by atoms with Crippen molar-refractivity contribution < 1.29 is 14.7 Å². The van der Waals surface area contributed by atoms with Crippen molar-refractivity contribution in [1.29, 1.82) is 0 Å². The van der Waals surface area contributed by atoms with Gasteiger partial charge >= 0.3 is 5.97 Å². The molecule has 0 bridgehead atoms. The van der Waals surface area contributed by atoms with E-state index in [9.17, 15) is 9.59 Å². The van der Waals surface area contributed by atoms with Crippen LogP contribution >= 0.6 is 11.3 Å². The second-order valence-corrected chi connectivity index (χ2v) is 6.42. The van der Waals surface area contributed by atoms with E-state index in [2.05, 4.69) is 10.3 Å². The first-order chi connectivity index (χ1) is 10.4. The van der Waals surface area contributed by atoms with Crippen LogP contribution in [0.1, 0.15) is 29.2 Å². The lowest BCUT2D eigenvalue weighted by Crippen LogP contribution is -2.44. The maximum absolute atomic E-state index is 12.1. The Morgan fingerprint density at radius 1 is 1.23 bits per heavy atom. The first kappa shape index (κ1) is 16.2. The minimum absolute atomic E-state index is 0.182. The highest BCUT2D eigenvalue weighted by Crippen LogP contribution is 2.21. The second-order valence-electron chi connectivity index (χ2n) is 5.36. The van der Waals surface area contributed by atoms with Crippen molar-refractivity contribution >= 4 is 23.2 Å². The summed E-state index contributed by atoms with van der Waals surface area (Å²) in [5, 5.41) is 14.6. The molecule has 0 saturated carbocycles. The van der Waals surface area contributed by atoms with Gasteiger partial charge in [0.05, 0.1) is 10.7 Å². The molecule has 2 rings (SSSR count). The Kier molecular flexibility index (Phi) is 4.92. The highest BCUT2D eigenvalue weighted by Gasteiger charge is 2.23. The van der Waals surface area contributed by atoms with E-state index in [1.54, 1.807) is 37.3 Å². The summed E-state index contributed by atoms with van der Waals surface area (Å²) in [5.74, 6) is -1.60. The average Bonchev–Trinajstić information content (AvgIpc) is 2.90. The molecule has 22 heavy (non-hydrogen) atoms. The van der Waals surface area contributed by atoms with Crippen molar-refractivity contribution in [3.05, 3.63) is 40.2 Å². The molecule has 0 saturated heterocycles. The van der Waals surface area contributed by atoms with Gasteiger partial charge in [-0.1, -0.05) is 26.0 Å². The number of rotatable bonds is 5. The fraction of sp³-hybridized carbons (Fsp3) is 0.312. The number of carbonyl (C=O) groups excluding carboxylic acids is 1. The number of nitrogens with one attached hydrogen (secondary N) is 1. The van der Waals surface area contributed by atoms with Crippen LogP contribution in [0.4, 0.5) is 0 Å². The highest BCUT2D eigenvalue weighted by molar-refractivity contribution is 7.09. The smallest absolute Gasteiger partial charge is 0.326 e. The molecule has 0 aliphatic carbocycles. The Labute approximate surface area is 133 Å². The summed E-state index contributed by atoms with van der Waals surface area (Å²) < 4.78 is 0. The van der Waals surface area contributed by atoms with E-state index < -0.39 is 12.0 Å². The highest BCUT2D eigenvalue weighted by atomic mass is 32.1. The van der Waals surface area contributed by atoms with Crippen molar-refractivity contribution in [2.24, 2.45) is 5.92 Å². The number of amides is 1. The molecule has 0 aliphatic heterocycles. The van der Waals surface area contributed by atoms with Crippen LogP contribution in [0.3, 0.4) is 0 Å². The number of aromatic nitrogens is 1. The molecule has 0 spiro atoms. The van der Waals surface area contributed by atoms with Crippen LogP contribution in [-0.2, 0) is 4.79 Å². The number of carboxylic acids is 1. The van der Waals surface area contributed by atoms with Gasteiger partial charge in [0.15, 0.2) is 0 Å². The number of hydrogen-bond donors (Lipinski definition) is 2. The summed E-state index contributed by atoms with van der Waals surface area (Å²) in [6, 6.07) is 6.09. The van der Waals surface area contributed by atoms with Crippen LogP contribution in [0.25, 0.3) is 11.3 Å². The molecule has 0 unspecified atom stereocenters. The van der Waals surface area contributed by atoms with Gasteiger partial charge < -0.3 is 10.4 Å². The third kappa shape index (κ3) is 3.71. The monoisotopic (exact) mass is 318 g/mol. The lowest BCUT2D eigenvalue weighted by molar-refractivity contribution is -0.140. The van der Waals surface area contributed by atoms with Crippen molar-refractivity contribution in [2.75, 3.05) is 0 Å². The van der Waals surface area contributed by atoms with Gasteiger partial charge in [-0.25, -0.2) is 9.78 Å². The van der Waals surface area contributed by atoms with Gasteiger partial charge in [-0.3, -0.25) is 4.79 Å².